The summed E-state index contributed by atoms with van der Waals surface area (Å²) in [5.74, 6) is 0.906. The Morgan fingerprint density at radius 2 is 2.26 bits per heavy atom. The van der Waals surface area contributed by atoms with Crippen LogP contribution in [0.2, 0.25) is 0 Å². The topological polar surface area (TPSA) is 55.1 Å². The minimum atomic E-state index is -0.196. The van der Waals surface area contributed by atoms with Gasteiger partial charge in [0.05, 0.1) is 29.9 Å². The van der Waals surface area contributed by atoms with Gasteiger partial charge in [-0.25, -0.2) is 4.98 Å². The fourth-order valence-electron chi connectivity index (χ4n) is 2.08. The molecule has 1 heterocycles. The summed E-state index contributed by atoms with van der Waals surface area (Å²) in [6.45, 7) is 1.93. The van der Waals surface area contributed by atoms with Crippen LogP contribution in [0.5, 0.6) is 0 Å². The van der Waals surface area contributed by atoms with E-state index < -0.39 is 0 Å². The van der Waals surface area contributed by atoms with Crippen molar-refractivity contribution in [2.75, 3.05) is 18.6 Å². The van der Waals surface area contributed by atoms with Crippen molar-refractivity contribution in [3.8, 4) is 0 Å². The van der Waals surface area contributed by atoms with Gasteiger partial charge in [0.2, 0.25) is 0 Å². The summed E-state index contributed by atoms with van der Waals surface area (Å²) >= 11 is 1.70. The number of fused-ring (bicyclic) bond motifs is 1. The molecule has 0 unspecified atom stereocenters. The fraction of sp³-hybridized carbons (Fsp3) is 0.429. The van der Waals surface area contributed by atoms with Gasteiger partial charge in [0.1, 0.15) is 0 Å². The second kappa shape index (κ2) is 6.21. The summed E-state index contributed by atoms with van der Waals surface area (Å²) in [7, 11) is 0. The highest BCUT2D eigenvalue weighted by Crippen LogP contribution is 2.14. The maximum atomic E-state index is 12.4. The average Bonchev–Trinajstić information content (AvgIpc) is 2.41. The van der Waals surface area contributed by atoms with E-state index in [1.165, 1.54) is 0 Å². The molecule has 5 heteroatoms. The number of benzene rings is 1. The van der Waals surface area contributed by atoms with Crippen molar-refractivity contribution in [3.63, 3.8) is 0 Å². The smallest absolute Gasteiger partial charge is 0.261 e. The van der Waals surface area contributed by atoms with E-state index in [9.17, 15) is 9.90 Å². The largest absolute Gasteiger partial charge is 0.394 e. The van der Waals surface area contributed by atoms with Gasteiger partial charge in [-0.1, -0.05) is 6.07 Å². The molecule has 0 bridgehead atoms. The average molecular weight is 278 g/mol. The number of rotatable bonds is 5. The molecular formula is C14H18N2O2S. The number of nitrogens with zero attached hydrogens (tertiary/aromatic N) is 2. The molecule has 0 amide bonds. The van der Waals surface area contributed by atoms with Crippen LogP contribution in [0.15, 0.2) is 29.3 Å². The second-order valence-corrected chi connectivity index (χ2v) is 5.58. The molecule has 1 aromatic carbocycles. The van der Waals surface area contributed by atoms with E-state index >= 15 is 0 Å². The number of aromatic nitrogens is 2. The first-order valence-electron chi connectivity index (χ1n) is 6.24. The van der Waals surface area contributed by atoms with E-state index in [1.54, 1.807) is 28.7 Å². The molecule has 2 rings (SSSR count). The summed E-state index contributed by atoms with van der Waals surface area (Å²) in [6, 6.07) is 5.42. The van der Waals surface area contributed by atoms with Gasteiger partial charge in [0.15, 0.2) is 0 Å². The first-order valence-corrected chi connectivity index (χ1v) is 7.64. The first-order chi connectivity index (χ1) is 9.17. The molecule has 102 valence electrons. The Hall–Kier alpha value is -1.33. The lowest BCUT2D eigenvalue weighted by Crippen LogP contribution is -2.27. The molecule has 1 atom stereocenters. The van der Waals surface area contributed by atoms with E-state index in [4.69, 9.17) is 0 Å². The Balaban J connectivity index is 2.47. The third-order valence-corrected chi connectivity index (χ3v) is 3.84. The molecule has 0 spiro atoms. The number of thioether (sulfide) groups is 1. The van der Waals surface area contributed by atoms with Gasteiger partial charge < -0.3 is 5.11 Å². The number of aliphatic hydroxyl groups excluding tert-OH is 1. The first kappa shape index (κ1) is 14.1. The maximum absolute atomic E-state index is 12.4. The summed E-state index contributed by atoms with van der Waals surface area (Å²) in [6.07, 6.45) is 4.32. The maximum Gasteiger partial charge on any atom is 0.261 e. The number of hydrogen-bond donors (Lipinski definition) is 1. The molecule has 0 aliphatic carbocycles. The summed E-state index contributed by atoms with van der Waals surface area (Å²) < 4.78 is 1.55. The van der Waals surface area contributed by atoms with Gasteiger partial charge >= 0.3 is 0 Å². The van der Waals surface area contributed by atoms with Crippen molar-refractivity contribution in [1.29, 1.82) is 0 Å². The van der Waals surface area contributed by atoms with Gasteiger partial charge in [-0.05, 0) is 43.0 Å². The molecule has 1 aromatic heterocycles. The van der Waals surface area contributed by atoms with Crippen molar-refractivity contribution in [3.05, 3.63) is 40.4 Å². The van der Waals surface area contributed by atoms with Crippen molar-refractivity contribution >= 4 is 22.7 Å². The summed E-state index contributed by atoms with van der Waals surface area (Å²) in [5.41, 5.74) is 1.71. The lowest BCUT2D eigenvalue weighted by Gasteiger charge is -2.17. The van der Waals surface area contributed by atoms with Gasteiger partial charge in [-0.3, -0.25) is 9.36 Å². The number of aryl methyl sites for hydroxylation is 1. The number of hydrogen-bond acceptors (Lipinski definition) is 4. The Labute approximate surface area is 116 Å². The molecule has 0 aliphatic rings. The Morgan fingerprint density at radius 1 is 1.47 bits per heavy atom. The lowest BCUT2D eigenvalue weighted by atomic mass is 10.1. The van der Waals surface area contributed by atoms with E-state index in [-0.39, 0.29) is 18.2 Å². The zero-order chi connectivity index (χ0) is 13.8. The highest BCUT2D eigenvalue weighted by Gasteiger charge is 2.13. The van der Waals surface area contributed by atoms with Crippen LogP contribution in [0.3, 0.4) is 0 Å². The molecule has 0 fully saturated rings. The Kier molecular flexibility index (Phi) is 4.61. The lowest BCUT2D eigenvalue weighted by molar-refractivity contribution is 0.222. The minimum Gasteiger partial charge on any atom is -0.394 e. The highest BCUT2D eigenvalue weighted by molar-refractivity contribution is 7.98. The zero-order valence-corrected chi connectivity index (χ0v) is 12.0. The molecule has 4 nitrogen and oxygen atoms in total. The predicted octanol–water partition coefficient (Wildman–Crippen LogP) is 1.99. The SMILES string of the molecule is CSCC[C@@H](CO)n1cnc2cc(C)ccc2c1=O. The second-order valence-electron chi connectivity index (χ2n) is 4.60. The fourth-order valence-corrected chi connectivity index (χ4v) is 2.59. The van der Waals surface area contributed by atoms with E-state index in [1.807, 2.05) is 25.3 Å². The summed E-state index contributed by atoms with van der Waals surface area (Å²) in [5, 5.41) is 10.1. The molecule has 0 aliphatic heterocycles. The van der Waals surface area contributed by atoms with Crippen LogP contribution in [0.25, 0.3) is 10.9 Å². The molecule has 2 aromatic rings. The Bertz CT molecular complexity index is 624. The third-order valence-electron chi connectivity index (χ3n) is 3.20. The molecule has 19 heavy (non-hydrogen) atoms. The molecule has 0 radical (unpaired) electrons. The van der Waals surface area contributed by atoms with Crippen LogP contribution in [-0.2, 0) is 0 Å². The van der Waals surface area contributed by atoms with Crippen LogP contribution < -0.4 is 5.56 Å². The molecule has 0 saturated heterocycles. The van der Waals surface area contributed by atoms with Crippen LogP contribution in [0, 0.1) is 6.92 Å². The monoisotopic (exact) mass is 278 g/mol. The third kappa shape index (κ3) is 2.98. The number of aliphatic hydroxyl groups is 1. The molecule has 1 N–H and O–H groups in total. The quantitative estimate of drug-likeness (QED) is 0.909. The molecule has 0 saturated carbocycles. The van der Waals surface area contributed by atoms with Crippen molar-refractivity contribution in [1.82, 2.24) is 9.55 Å². The zero-order valence-electron chi connectivity index (χ0n) is 11.2. The van der Waals surface area contributed by atoms with Gasteiger partial charge in [0, 0.05) is 0 Å². The van der Waals surface area contributed by atoms with Gasteiger partial charge in [-0.15, -0.1) is 0 Å². The van der Waals surface area contributed by atoms with Crippen molar-refractivity contribution in [2.24, 2.45) is 0 Å². The van der Waals surface area contributed by atoms with Crippen LogP contribution in [-0.4, -0.2) is 33.3 Å². The van der Waals surface area contributed by atoms with Crippen LogP contribution in [0.1, 0.15) is 18.0 Å². The molecular weight excluding hydrogens is 260 g/mol. The Morgan fingerprint density at radius 3 is 2.95 bits per heavy atom. The van der Waals surface area contributed by atoms with Crippen molar-refractivity contribution in [2.45, 2.75) is 19.4 Å². The minimum absolute atomic E-state index is 0.0421. The van der Waals surface area contributed by atoms with Gasteiger partial charge in [0.25, 0.3) is 5.56 Å². The predicted molar refractivity (Wildman–Crippen MR) is 79.9 cm³/mol. The summed E-state index contributed by atoms with van der Waals surface area (Å²) in [4.78, 5) is 16.7. The van der Waals surface area contributed by atoms with E-state index in [2.05, 4.69) is 4.98 Å². The van der Waals surface area contributed by atoms with E-state index in [0.717, 1.165) is 17.7 Å². The van der Waals surface area contributed by atoms with E-state index in [0.29, 0.717) is 10.9 Å². The standard InChI is InChI=1S/C14H18N2O2S/c1-10-3-4-12-13(7-10)15-9-16(14(12)18)11(8-17)5-6-19-2/h3-4,7,9,11,17H,5-6,8H2,1-2H3/t11-/m0/s1. The normalized spacial score (nSPS) is 12.8. The van der Waals surface area contributed by atoms with Crippen molar-refractivity contribution < 1.29 is 5.11 Å². The van der Waals surface area contributed by atoms with Crippen LogP contribution in [0.4, 0.5) is 0 Å². The highest BCUT2D eigenvalue weighted by atomic mass is 32.2. The van der Waals surface area contributed by atoms with Crippen LogP contribution >= 0.6 is 11.8 Å². The van der Waals surface area contributed by atoms with Gasteiger partial charge in [-0.2, -0.15) is 11.8 Å².